The highest BCUT2D eigenvalue weighted by molar-refractivity contribution is 6.29. The predicted molar refractivity (Wildman–Crippen MR) is 85.7 cm³/mol. The molecule has 0 aromatic carbocycles. The molecule has 3 heterocycles. The molecule has 0 amide bonds. The lowest BCUT2D eigenvalue weighted by Gasteiger charge is -2.08. The largest absolute Gasteiger partial charge is 0.355 e. The number of anilines is 1. The maximum Gasteiger partial charge on any atom is 0.287 e. The molecule has 3 aromatic rings. The van der Waals surface area contributed by atoms with Crippen LogP contribution in [0.4, 0.5) is 11.6 Å². The summed E-state index contributed by atoms with van der Waals surface area (Å²) in [6.45, 7) is 0.666. The van der Waals surface area contributed by atoms with E-state index in [0.717, 1.165) is 17.8 Å². The highest BCUT2D eigenvalue weighted by Gasteiger charge is 2.06. The Kier molecular flexibility index (Phi) is 4.33. The fraction of sp³-hybridized carbons (Fsp3) is 0.214. The van der Waals surface area contributed by atoms with Gasteiger partial charge in [-0.25, -0.2) is 9.97 Å². The van der Waals surface area contributed by atoms with Crippen LogP contribution in [-0.4, -0.2) is 30.8 Å². The van der Waals surface area contributed by atoms with Crippen LogP contribution in [0.25, 0.3) is 5.65 Å². The summed E-state index contributed by atoms with van der Waals surface area (Å²) in [6.07, 6.45) is 6.27. The molecule has 0 spiro atoms. The first kappa shape index (κ1) is 15.2. The van der Waals surface area contributed by atoms with Gasteiger partial charge >= 0.3 is 0 Å². The third-order valence-corrected chi connectivity index (χ3v) is 3.46. The third-order valence-electron chi connectivity index (χ3n) is 3.27. The van der Waals surface area contributed by atoms with Gasteiger partial charge in [0, 0.05) is 36.8 Å². The number of hydrogen-bond donors (Lipinski definition) is 1. The van der Waals surface area contributed by atoms with Crippen LogP contribution >= 0.6 is 11.6 Å². The first-order chi connectivity index (χ1) is 11.1. The molecule has 23 heavy (non-hydrogen) atoms. The first-order valence-electron chi connectivity index (χ1n) is 6.96. The van der Waals surface area contributed by atoms with Gasteiger partial charge in [-0.2, -0.15) is 0 Å². The molecule has 0 bridgehead atoms. The van der Waals surface area contributed by atoms with E-state index in [-0.39, 0.29) is 5.69 Å². The second kappa shape index (κ2) is 6.57. The maximum atomic E-state index is 10.6. The van der Waals surface area contributed by atoms with E-state index in [1.54, 1.807) is 24.5 Å². The Bertz CT molecular complexity index is 833. The molecule has 0 saturated carbocycles. The van der Waals surface area contributed by atoms with Crippen molar-refractivity contribution in [1.29, 1.82) is 0 Å². The van der Waals surface area contributed by atoms with Crippen molar-refractivity contribution in [2.75, 3.05) is 11.9 Å². The Balaban J connectivity index is 1.56. The Labute approximate surface area is 136 Å². The number of nitro groups is 1. The van der Waals surface area contributed by atoms with Crippen LogP contribution in [-0.2, 0) is 6.42 Å². The van der Waals surface area contributed by atoms with Gasteiger partial charge in [0.2, 0.25) is 5.95 Å². The van der Waals surface area contributed by atoms with E-state index in [9.17, 15) is 10.1 Å². The van der Waals surface area contributed by atoms with Crippen LogP contribution in [0.15, 0.2) is 36.8 Å². The van der Waals surface area contributed by atoms with Crippen LogP contribution in [0.2, 0.25) is 5.15 Å². The number of rotatable bonds is 6. The summed E-state index contributed by atoms with van der Waals surface area (Å²) in [5, 5.41) is 14.2. The number of aromatic nitrogens is 4. The monoisotopic (exact) mass is 332 g/mol. The molecule has 0 aliphatic rings. The van der Waals surface area contributed by atoms with E-state index < -0.39 is 4.92 Å². The lowest BCUT2D eigenvalue weighted by atomic mass is 10.2. The van der Waals surface area contributed by atoms with Gasteiger partial charge < -0.3 is 5.32 Å². The van der Waals surface area contributed by atoms with Gasteiger partial charge in [0.05, 0.1) is 4.92 Å². The van der Waals surface area contributed by atoms with Crippen molar-refractivity contribution in [2.45, 2.75) is 12.8 Å². The molecular formula is C14H13ClN6O2. The number of imidazole rings is 1. The summed E-state index contributed by atoms with van der Waals surface area (Å²) in [7, 11) is 0. The molecule has 0 radical (unpaired) electrons. The molecule has 0 saturated heterocycles. The third kappa shape index (κ3) is 3.54. The van der Waals surface area contributed by atoms with Crippen molar-refractivity contribution < 1.29 is 4.92 Å². The van der Waals surface area contributed by atoms with Crippen molar-refractivity contribution in [2.24, 2.45) is 0 Å². The Morgan fingerprint density at radius 3 is 2.96 bits per heavy atom. The SMILES string of the molecule is O=[N+]([O-])c1ccc(CCCNc2nc(Cl)cc3nccn23)nc1. The molecule has 8 nitrogen and oxygen atoms in total. The van der Waals surface area contributed by atoms with Crippen LogP contribution in [0.5, 0.6) is 0 Å². The van der Waals surface area contributed by atoms with E-state index in [0.29, 0.717) is 24.1 Å². The molecule has 3 rings (SSSR count). The Hall–Kier alpha value is -2.74. The van der Waals surface area contributed by atoms with Gasteiger partial charge in [0.1, 0.15) is 17.0 Å². The molecule has 0 aliphatic heterocycles. The second-order valence-electron chi connectivity index (χ2n) is 4.85. The number of aryl methyl sites for hydroxylation is 1. The maximum absolute atomic E-state index is 10.6. The quantitative estimate of drug-likeness (QED) is 0.322. The Morgan fingerprint density at radius 1 is 1.35 bits per heavy atom. The smallest absolute Gasteiger partial charge is 0.287 e. The zero-order chi connectivity index (χ0) is 16.2. The van der Waals surface area contributed by atoms with Gasteiger partial charge in [-0.05, 0) is 18.9 Å². The van der Waals surface area contributed by atoms with Gasteiger partial charge in [-0.3, -0.25) is 19.5 Å². The van der Waals surface area contributed by atoms with Crippen molar-refractivity contribution >= 4 is 28.9 Å². The van der Waals surface area contributed by atoms with Crippen molar-refractivity contribution in [3.8, 4) is 0 Å². The number of nitrogens with one attached hydrogen (secondary N) is 1. The summed E-state index contributed by atoms with van der Waals surface area (Å²) in [4.78, 5) is 22.6. The number of nitrogens with zero attached hydrogens (tertiary/aromatic N) is 5. The minimum atomic E-state index is -0.459. The normalized spacial score (nSPS) is 10.8. The Morgan fingerprint density at radius 2 is 2.22 bits per heavy atom. The summed E-state index contributed by atoms with van der Waals surface area (Å²) in [5.41, 5.74) is 1.53. The average Bonchev–Trinajstić information content (AvgIpc) is 3.00. The summed E-state index contributed by atoms with van der Waals surface area (Å²) in [6, 6.07) is 4.82. The van der Waals surface area contributed by atoms with Gasteiger partial charge in [-0.1, -0.05) is 11.6 Å². The summed E-state index contributed by atoms with van der Waals surface area (Å²) < 4.78 is 1.82. The number of fused-ring (bicyclic) bond motifs is 1. The average molecular weight is 333 g/mol. The van der Waals surface area contributed by atoms with Crippen LogP contribution in [0.1, 0.15) is 12.1 Å². The van der Waals surface area contributed by atoms with E-state index in [1.165, 1.54) is 12.3 Å². The first-order valence-corrected chi connectivity index (χ1v) is 7.34. The van der Waals surface area contributed by atoms with Gasteiger partial charge in [-0.15, -0.1) is 0 Å². The zero-order valence-electron chi connectivity index (χ0n) is 12.0. The lowest BCUT2D eigenvalue weighted by molar-refractivity contribution is -0.385. The minimum Gasteiger partial charge on any atom is -0.355 e. The van der Waals surface area contributed by atoms with E-state index >= 15 is 0 Å². The molecule has 0 unspecified atom stereocenters. The van der Waals surface area contributed by atoms with Crippen molar-refractivity contribution in [3.05, 3.63) is 57.8 Å². The molecule has 0 fully saturated rings. The molecule has 118 valence electrons. The summed E-state index contributed by atoms with van der Waals surface area (Å²) in [5.74, 6) is 0.627. The molecular weight excluding hydrogens is 320 g/mol. The topological polar surface area (TPSA) is 98.2 Å². The van der Waals surface area contributed by atoms with E-state index in [2.05, 4.69) is 20.3 Å². The second-order valence-corrected chi connectivity index (χ2v) is 5.24. The molecule has 3 aromatic heterocycles. The fourth-order valence-electron chi connectivity index (χ4n) is 2.16. The van der Waals surface area contributed by atoms with Gasteiger partial charge in [0.25, 0.3) is 5.69 Å². The van der Waals surface area contributed by atoms with Crippen LogP contribution in [0, 0.1) is 10.1 Å². The lowest BCUT2D eigenvalue weighted by Crippen LogP contribution is -2.09. The summed E-state index contributed by atoms with van der Waals surface area (Å²) >= 11 is 5.96. The number of halogens is 1. The van der Waals surface area contributed by atoms with Crippen molar-refractivity contribution in [3.63, 3.8) is 0 Å². The minimum absolute atomic E-state index is 0.00231. The highest BCUT2D eigenvalue weighted by Crippen LogP contribution is 2.15. The zero-order valence-corrected chi connectivity index (χ0v) is 12.8. The van der Waals surface area contributed by atoms with Crippen molar-refractivity contribution in [1.82, 2.24) is 19.4 Å². The standard InChI is InChI=1S/C14H13ClN6O2/c15-12-8-13-16-6-7-20(13)14(19-12)17-5-1-2-10-3-4-11(9-18-10)21(22)23/h3-4,6-9H,1-2,5H2,(H,17,19). The molecule has 0 aliphatic carbocycles. The fourth-order valence-corrected chi connectivity index (χ4v) is 2.34. The molecule has 1 N–H and O–H groups in total. The highest BCUT2D eigenvalue weighted by atomic mass is 35.5. The van der Waals surface area contributed by atoms with Gasteiger partial charge in [0.15, 0.2) is 0 Å². The van der Waals surface area contributed by atoms with E-state index in [4.69, 9.17) is 11.6 Å². The number of hydrogen-bond acceptors (Lipinski definition) is 6. The molecule has 9 heteroatoms. The molecule has 0 atom stereocenters. The van der Waals surface area contributed by atoms with Crippen LogP contribution in [0.3, 0.4) is 0 Å². The number of pyridine rings is 1. The van der Waals surface area contributed by atoms with Crippen LogP contribution < -0.4 is 5.32 Å². The van der Waals surface area contributed by atoms with E-state index in [1.807, 2.05) is 4.40 Å². The predicted octanol–water partition coefficient (Wildman–Crippen LogP) is 2.73.